The number of carbonyl (C=O) groups excluding carboxylic acids is 2. The van der Waals surface area contributed by atoms with Gasteiger partial charge < -0.3 is 15.4 Å². The second-order valence-corrected chi connectivity index (χ2v) is 5.36. The van der Waals surface area contributed by atoms with Gasteiger partial charge in [0.05, 0.1) is 18.6 Å². The minimum absolute atomic E-state index is 0.165. The molecule has 5 nitrogen and oxygen atoms in total. The largest absolute Gasteiger partial charge is 0.495 e. The zero-order valence-corrected chi connectivity index (χ0v) is 13.6. The van der Waals surface area contributed by atoms with Crippen LogP contribution in [0.1, 0.15) is 12.5 Å². The number of amides is 2. The van der Waals surface area contributed by atoms with Crippen molar-refractivity contribution in [3.05, 3.63) is 53.1 Å². The molecule has 0 fully saturated rings. The van der Waals surface area contributed by atoms with Crippen LogP contribution in [-0.2, 0) is 16.0 Å². The lowest BCUT2D eigenvalue weighted by Gasteiger charge is -2.09. The van der Waals surface area contributed by atoms with Crippen molar-refractivity contribution < 1.29 is 14.3 Å². The first kappa shape index (κ1) is 16.8. The summed E-state index contributed by atoms with van der Waals surface area (Å²) in [6.07, 6.45) is 0.189. The van der Waals surface area contributed by atoms with Crippen molar-refractivity contribution >= 4 is 34.8 Å². The van der Waals surface area contributed by atoms with E-state index >= 15 is 0 Å². The van der Waals surface area contributed by atoms with Crippen molar-refractivity contribution in [3.63, 3.8) is 0 Å². The summed E-state index contributed by atoms with van der Waals surface area (Å²) in [5.41, 5.74) is 2.02. The van der Waals surface area contributed by atoms with Crippen molar-refractivity contribution in [2.75, 3.05) is 17.7 Å². The van der Waals surface area contributed by atoms with Crippen LogP contribution in [0.5, 0.6) is 5.75 Å². The Kier molecular flexibility index (Phi) is 5.60. The fourth-order valence-electron chi connectivity index (χ4n) is 2.09. The lowest BCUT2D eigenvalue weighted by molar-refractivity contribution is -0.115. The molecule has 0 saturated carbocycles. The van der Waals surface area contributed by atoms with Crippen LogP contribution in [0, 0.1) is 0 Å². The third-order valence-electron chi connectivity index (χ3n) is 3.05. The normalized spacial score (nSPS) is 10.0. The van der Waals surface area contributed by atoms with Crippen molar-refractivity contribution in [3.8, 4) is 5.75 Å². The maximum Gasteiger partial charge on any atom is 0.228 e. The van der Waals surface area contributed by atoms with E-state index < -0.39 is 0 Å². The molecule has 0 saturated heterocycles. The Balaban J connectivity index is 2.02. The first-order valence-electron chi connectivity index (χ1n) is 6.98. The van der Waals surface area contributed by atoms with Gasteiger partial charge >= 0.3 is 0 Å². The number of rotatable bonds is 5. The highest BCUT2D eigenvalue weighted by molar-refractivity contribution is 6.32. The van der Waals surface area contributed by atoms with Gasteiger partial charge in [0.2, 0.25) is 11.8 Å². The van der Waals surface area contributed by atoms with Gasteiger partial charge in [0.25, 0.3) is 0 Å². The Bertz CT molecular complexity index is 732. The zero-order valence-electron chi connectivity index (χ0n) is 12.9. The molecule has 120 valence electrons. The first-order chi connectivity index (χ1) is 11.0. The summed E-state index contributed by atoms with van der Waals surface area (Å²) in [6.45, 7) is 1.43. The van der Waals surface area contributed by atoms with Gasteiger partial charge in [0, 0.05) is 18.3 Å². The molecule has 23 heavy (non-hydrogen) atoms. The molecule has 2 aromatic rings. The van der Waals surface area contributed by atoms with Crippen LogP contribution < -0.4 is 15.4 Å². The summed E-state index contributed by atoms with van der Waals surface area (Å²) in [5, 5.41) is 5.92. The summed E-state index contributed by atoms with van der Waals surface area (Å²) in [7, 11) is 1.54. The van der Waals surface area contributed by atoms with Crippen LogP contribution in [-0.4, -0.2) is 18.9 Å². The second kappa shape index (κ2) is 7.65. The predicted molar refractivity (Wildman–Crippen MR) is 91.1 cm³/mol. The number of halogens is 1. The molecule has 2 aromatic carbocycles. The highest BCUT2D eigenvalue weighted by Crippen LogP contribution is 2.25. The van der Waals surface area contributed by atoms with E-state index in [4.69, 9.17) is 16.3 Å². The Morgan fingerprint density at radius 3 is 2.39 bits per heavy atom. The third kappa shape index (κ3) is 5.00. The molecule has 6 heteroatoms. The predicted octanol–water partition coefficient (Wildman–Crippen LogP) is 3.49. The number of hydrogen-bond acceptors (Lipinski definition) is 3. The van der Waals surface area contributed by atoms with E-state index in [0.29, 0.717) is 22.1 Å². The number of benzene rings is 2. The van der Waals surface area contributed by atoms with Crippen LogP contribution in [0.15, 0.2) is 42.5 Å². The summed E-state index contributed by atoms with van der Waals surface area (Å²) >= 11 is 6.05. The lowest BCUT2D eigenvalue weighted by Crippen LogP contribution is -2.14. The third-order valence-corrected chi connectivity index (χ3v) is 3.34. The Morgan fingerprint density at radius 1 is 1.09 bits per heavy atom. The highest BCUT2D eigenvalue weighted by atomic mass is 35.5. The van der Waals surface area contributed by atoms with Gasteiger partial charge in [-0.05, 0) is 35.9 Å². The van der Waals surface area contributed by atoms with E-state index in [2.05, 4.69) is 10.6 Å². The topological polar surface area (TPSA) is 67.4 Å². The molecular weight excluding hydrogens is 316 g/mol. The van der Waals surface area contributed by atoms with Crippen LogP contribution in [0.4, 0.5) is 11.4 Å². The SMILES string of the molecule is COc1ccc(CC(=O)Nc2cccc(NC(C)=O)c2)cc1Cl. The second-order valence-electron chi connectivity index (χ2n) is 4.96. The van der Waals surface area contributed by atoms with Gasteiger partial charge in [-0.25, -0.2) is 0 Å². The number of methoxy groups -OCH3 is 1. The average Bonchev–Trinajstić information content (AvgIpc) is 2.47. The summed E-state index contributed by atoms with van der Waals surface area (Å²) < 4.78 is 5.08. The van der Waals surface area contributed by atoms with Crippen LogP contribution in [0.2, 0.25) is 5.02 Å². The van der Waals surface area contributed by atoms with Gasteiger partial charge in [-0.15, -0.1) is 0 Å². The number of nitrogens with one attached hydrogen (secondary N) is 2. The van der Waals surface area contributed by atoms with Crippen molar-refractivity contribution in [1.29, 1.82) is 0 Å². The maximum atomic E-state index is 12.1. The van der Waals surface area contributed by atoms with Gasteiger partial charge in [-0.2, -0.15) is 0 Å². The lowest BCUT2D eigenvalue weighted by atomic mass is 10.1. The van der Waals surface area contributed by atoms with Gasteiger partial charge in [-0.1, -0.05) is 23.7 Å². The van der Waals surface area contributed by atoms with E-state index in [1.165, 1.54) is 14.0 Å². The molecule has 0 aliphatic carbocycles. The fraction of sp³-hybridized carbons (Fsp3) is 0.176. The Hall–Kier alpha value is -2.53. The van der Waals surface area contributed by atoms with E-state index in [-0.39, 0.29) is 18.2 Å². The van der Waals surface area contributed by atoms with Crippen LogP contribution >= 0.6 is 11.6 Å². The molecule has 0 radical (unpaired) electrons. The molecule has 0 bridgehead atoms. The average molecular weight is 333 g/mol. The van der Waals surface area contributed by atoms with E-state index in [0.717, 1.165) is 5.56 Å². The highest BCUT2D eigenvalue weighted by Gasteiger charge is 2.08. The standard InChI is InChI=1S/C17H17ClN2O3/c1-11(21)19-13-4-3-5-14(10-13)20-17(22)9-12-6-7-16(23-2)15(18)8-12/h3-8,10H,9H2,1-2H3,(H,19,21)(H,20,22). The fourth-order valence-corrected chi connectivity index (χ4v) is 2.37. The quantitative estimate of drug-likeness (QED) is 0.880. The van der Waals surface area contributed by atoms with Crippen LogP contribution in [0.25, 0.3) is 0 Å². The van der Waals surface area contributed by atoms with Gasteiger partial charge in [0.1, 0.15) is 5.75 Å². The first-order valence-corrected chi connectivity index (χ1v) is 7.35. The molecule has 2 N–H and O–H groups in total. The molecule has 0 heterocycles. The molecule has 0 aromatic heterocycles. The zero-order chi connectivity index (χ0) is 16.8. The molecule has 0 aliphatic rings. The molecule has 0 aliphatic heterocycles. The molecule has 0 atom stereocenters. The van der Waals surface area contributed by atoms with Crippen molar-refractivity contribution in [1.82, 2.24) is 0 Å². The summed E-state index contributed by atoms with van der Waals surface area (Å²) in [4.78, 5) is 23.2. The van der Waals surface area contributed by atoms with Crippen molar-refractivity contribution in [2.24, 2.45) is 0 Å². The summed E-state index contributed by atoms with van der Waals surface area (Å²) in [6, 6.07) is 12.2. The minimum atomic E-state index is -0.175. The number of hydrogen-bond donors (Lipinski definition) is 2. The van der Waals surface area contributed by atoms with Crippen molar-refractivity contribution in [2.45, 2.75) is 13.3 Å². The van der Waals surface area contributed by atoms with E-state index in [1.54, 1.807) is 42.5 Å². The number of anilines is 2. The minimum Gasteiger partial charge on any atom is -0.495 e. The molecule has 0 unspecified atom stereocenters. The molecule has 0 spiro atoms. The van der Waals surface area contributed by atoms with Crippen LogP contribution in [0.3, 0.4) is 0 Å². The number of ether oxygens (including phenoxy) is 1. The Labute approximate surface area is 139 Å². The number of carbonyl (C=O) groups is 2. The smallest absolute Gasteiger partial charge is 0.228 e. The molecule has 2 amide bonds. The molecular formula is C17H17ClN2O3. The van der Waals surface area contributed by atoms with E-state index in [9.17, 15) is 9.59 Å². The molecule has 2 rings (SSSR count). The Morgan fingerprint density at radius 2 is 1.78 bits per heavy atom. The monoisotopic (exact) mass is 332 g/mol. The van der Waals surface area contributed by atoms with Gasteiger partial charge in [-0.3, -0.25) is 9.59 Å². The van der Waals surface area contributed by atoms with E-state index in [1.807, 2.05) is 0 Å². The van der Waals surface area contributed by atoms with Gasteiger partial charge in [0.15, 0.2) is 0 Å². The maximum absolute atomic E-state index is 12.1. The summed E-state index contributed by atoms with van der Waals surface area (Å²) in [5.74, 6) is 0.228.